The van der Waals surface area contributed by atoms with Crippen LogP contribution in [0.5, 0.6) is 0 Å². The van der Waals surface area contributed by atoms with E-state index in [0.717, 1.165) is 0 Å². The Balaban J connectivity index is 1.77. The Morgan fingerprint density at radius 3 is 2.52 bits per heavy atom. The number of amides is 2. The van der Waals surface area contributed by atoms with Gasteiger partial charge < -0.3 is 15.4 Å². The minimum atomic E-state index is -3.78. The van der Waals surface area contributed by atoms with Gasteiger partial charge in [-0.05, 0) is 36.8 Å². The molecule has 1 aromatic heterocycles. The molecule has 2 N–H and O–H groups in total. The predicted octanol–water partition coefficient (Wildman–Crippen LogP) is 1.64. The molecule has 11 heteroatoms. The van der Waals surface area contributed by atoms with E-state index in [1.165, 1.54) is 28.7 Å². The fourth-order valence-corrected chi connectivity index (χ4v) is 4.26. The Morgan fingerprint density at radius 1 is 1.14 bits per heavy atom. The standard InChI is InChI=1S/C18H19ClN4O5S/c1-12-3-2-6-20-16(12)22-18(25)17(24)21-15-11-13(4-5-14(15)19)29(26,27)23-7-9-28-10-8-23/h2-6,11H,7-10H2,1H3,(H,21,24)(H,20,22,25). The quantitative estimate of drug-likeness (QED) is 0.701. The molecule has 1 aromatic carbocycles. The molecular weight excluding hydrogens is 420 g/mol. The molecule has 0 saturated carbocycles. The van der Waals surface area contributed by atoms with Crippen molar-refractivity contribution in [2.45, 2.75) is 11.8 Å². The zero-order valence-corrected chi connectivity index (χ0v) is 17.1. The van der Waals surface area contributed by atoms with Crippen LogP contribution in [0.1, 0.15) is 5.56 Å². The van der Waals surface area contributed by atoms with Crippen LogP contribution in [0, 0.1) is 6.92 Å². The first-order chi connectivity index (χ1) is 13.8. The molecule has 3 rings (SSSR count). The minimum absolute atomic E-state index is 0.0129. The zero-order valence-electron chi connectivity index (χ0n) is 15.5. The first-order valence-corrected chi connectivity index (χ1v) is 10.5. The number of hydrogen-bond donors (Lipinski definition) is 2. The highest BCUT2D eigenvalue weighted by Gasteiger charge is 2.27. The van der Waals surface area contributed by atoms with E-state index in [1.54, 1.807) is 19.1 Å². The lowest BCUT2D eigenvalue weighted by molar-refractivity contribution is -0.133. The number of morpholine rings is 1. The lowest BCUT2D eigenvalue weighted by Crippen LogP contribution is -2.40. The molecule has 9 nitrogen and oxygen atoms in total. The van der Waals surface area contributed by atoms with Crippen molar-refractivity contribution in [3.05, 3.63) is 47.1 Å². The average molecular weight is 439 g/mol. The summed E-state index contributed by atoms with van der Waals surface area (Å²) in [6, 6.07) is 7.36. The summed E-state index contributed by atoms with van der Waals surface area (Å²) < 4.78 is 32.0. The number of aryl methyl sites for hydroxylation is 1. The topological polar surface area (TPSA) is 118 Å². The van der Waals surface area contributed by atoms with E-state index in [2.05, 4.69) is 15.6 Å². The molecular formula is C18H19ClN4O5S. The van der Waals surface area contributed by atoms with Crippen LogP contribution in [0.25, 0.3) is 0 Å². The number of nitrogens with zero attached hydrogens (tertiary/aromatic N) is 2. The third-order valence-corrected chi connectivity index (χ3v) is 6.47. The number of sulfonamides is 1. The summed E-state index contributed by atoms with van der Waals surface area (Å²) in [5, 5.41) is 4.85. The third-order valence-electron chi connectivity index (χ3n) is 4.24. The maximum atomic E-state index is 12.8. The molecule has 1 fully saturated rings. The lowest BCUT2D eigenvalue weighted by atomic mass is 10.3. The largest absolute Gasteiger partial charge is 0.379 e. The maximum absolute atomic E-state index is 12.8. The van der Waals surface area contributed by atoms with Gasteiger partial charge in [-0.25, -0.2) is 13.4 Å². The van der Waals surface area contributed by atoms with E-state index in [1.807, 2.05) is 0 Å². The van der Waals surface area contributed by atoms with Crippen molar-refractivity contribution in [1.29, 1.82) is 0 Å². The summed E-state index contributed by atoms with van der Waals surface area (Å²) in [4.78, 5) is 28.4. The van der Waals surface area contributed by atoms with Crippen molar-refractivity contribution < 1.29 is 22.7 Å². The van der Waals surface area contributed by atoms with Gasteiger partial charge in [0, 0.05) is 19.3 Å². The van der Waals surface area contributed by atoms with Crippen LogP contribution < -0.4 is 10.6 Å². The molecule has 0 atom stereocenters. The first-order valence-electron chi connectivity index (χ1n) is 8.70. The molecule has 2 heterocycles. The Bertz CT molecular complexity index is 1040. The van der Waals surface area contributed by atoms with Gasteiger partial charge in [-0.3, -0.25) is 9.59 Å². The van der Waals surface area contributed by atoms with Crippen molar-refractivity contribution in [2.75, 3.05) is 36.9 Å². The van der Waals surface area contributed by atoms with Crippen molar-refractivity contribution >= 4 is 44.9 Å². The number of carbonyl (C=O) groups excluding carboxylic acids is 2. The second kappa shape index (κ2) is 8.87. The second-order valence-corrected chi connectivity index (χ2v) is 8.58. The molecule has 154 valence electrons. The molecule has 29 heavy (non-hydrogen) atoms. The van der Waals surface area contributed by atoms with E-state index in [-0.39, 0.29) is 34.5 Å². The van der Waals surface area contributed by atoms with E-state index < -0.39 is 21.8 Å². The minimum Gasteiger partial charge on any atom is -0.379 e. The zero-order chi connectivity index (χ0) is 21.0. The van der Waals surface area contributed by atoms with Gasteiger partial charge in [-0.2, -0.15) is 4.31 Å². The third kappa shape index (κ3) is 4.91. The van der Waals surface area contributed by atoms with E-state index >= 15 is 0 Å². The molecule has 0 spiro atoms. The monoisotopic (exact) mass is 438 g/mol. The number of nitrogens with one attached hydrogen (secondary N) is 2. The fourth-order valence-electron chi connectivity index (χ4n) is 2.66. The molecule has 0 unspecified atom stereocenters. The van der Waals surface area contributed by atoms with E-state index in [9.17, 15) is 18.0 Å². The maximum Gasteiger partial charge on any atom is 0.315 e. The predicted molar refractivity (Wildman–Crippen MR) is 107 cm³/mol. The number of halogens is 1. The molecule has 1 aliphatic heterocycles. The first kappa shape index (κ1) is 21.2. The number of anilines is 2. The molecule has 0 bridgehead atoms. The summed E-state index contributed by atoms with van der Waals surface area (Å²) in [6.07, 6.45) is 1.48. The summed E-state index contributed by atoms with van der Waals surface area (Å²) in [5.41, 5.74) is 0.698. The molecule has 0 radical (unpaired) electrons. The Labute approximate surface area is 173 Å². The van der Waals surface area contributed by atoms with Gasteiger partial charge >= 0.3 is 11.8 Å². The summed E-state index contributed by atoms with van der Waals surface area (Å²) >= 11 is 6.08. The van der Waals surface area contributed by atoms with Crippen LogP contribution in [-0.4, -0.2) is 55.8 Å². The van der Waals surface area contributed by atoms with Crippen LogP contribution >= 0.6 is 11.6 Å². The van der Waals surface area contributed by atoms with Crippen LogP contribution in [0.15, 0.2) is 41.4 Å². The van der Waals surface area contributed by atoms with Gasteiger partial charge in [0.05, 0.1) is 28.8 Å². The fraction of sp³-hybridized carbons (Fsp3) is 0.278. The van der Waals surface area contributed by atoms with E-state index in [4.69, 9.17) is 16.3 Å². The molecule has 1 saturated heterocycles. The normalized spacial score (nSPS) is 15.0. The molecule has 1 aliphatic rings. The summed E-state index contributed by atoms with van der Waals surface area (Å²) in [6.45, 7) is 2.82. The number of carbonyl (C=O) groups is 2. The second-order valence-electron chi connectivity index (χ2n) is 6.24. The van der Waals surface area contributed by atoms with Gasteiger partial charge in [0.15, 0.2) is 0 Å². The number of ether oxygens (including phenoxy) is 1. The highest BCUT2D eigenvalue weighted by atomic mass is 35.5. The molecule has 2 aromatic rings. The van der Waals surface area contributed by atoms with Gasteiger partial charge in [-0.15, -0.1) is 0 Å². The van der Waals surface area contributed by atoms with Gasteiger partial charge in [0.25, 0.3) is 0 Å². The number of pyridine rings is 1. The van der Waals surface area contributed by atoms with E-state index in [0.29, 0.717) is 18.8 Å². The average Bonchev–Trinajstić information content (AvgIpc) is 2.71. The van der Waals surface area contributed by atoms with Crippen LogP contribution in [0.3, 0.4) is 0 Å². The van der Waals surface area contributed by atoms with Crippen molar-refractivity contribution in [3.8, 4) is 0 Å². The Morgan fingerprint density at radius 2 is 1.83 bits per heavy atom. The Kier molecular flexibility index (Phi) is 6.48. The van der Waals surface area contributed by atoms with Gasteiger partial charge in [-0.1, -0.05) is 17.7 Å². The van der Waals surface area contributed by atoms with Gasteiger partial charge in [0.1, 0.15) is 5.82 Å². The SMILES string of the molecule is Cc1cccnc1NC(=O)C(=O)Nc1cc(S(=O)(=O)N2CCOCC2)ccc1Cl. The summed E-state index contributed by atoms with van der Waals surface area (Å²) in [7, 11) is -3.78. The molecule has 0 aliphatic carbocycles. The van der Waals surface area contributed by atoms with Crippen molar-refractivity contribution in [1.82, 2.24) is 9.29 Å². The number of aromatic nitrogens is 1. The highest BCUT2D eigenvalue weighted by molar-refractivity contribution is 7.89. The smallest absolute Gasteiger partial charge is 0.315 e. The highest BCUT2D eigenvalue weighted by Crippen LogP contribution is 2.27. The Hall–Kier alpha value is -2.53. The van der Waals surface area contributed by atoms with Crippen molar-refractivity contribution in [2.24, 2.45) is 0 Å². The lowest BCUT2D eigenvalue weighted by Gasteiger charge is -2.26. The van der Waals surface area contributed by atoms with Crippen LogP contribution in [0.4, 0.5) is 11.5 Å². The van der Waals surface area contributed by atoms with Crippen LogP contribution in [0.2, 0.25) is 5.02 Å². The number of rotatable bonds is 4. The van der Waals surface area contributed by atoms with Crippen LogP contribution in [-0.2, 0) is 24.3 Å². The van der Waals surface area contributed by atoms with Crippen molar-refractivity contribution in [3.63, 3.8) is 0 Å². The number of hydrogen-bond acceptors (Lipinski definition) is 6. The molecule has 2 amide bonds. The number of benzene rings is 1. The van der Waals surface area contributed by atoms with Gasteiger partial charge in [0.2, 0.25) is 10.0 Å². The summed E-state index contributed by atoms with van der Waals surface area (Å²) in [5.74, 6) is -1.70.